The SMILES string of the molecule is Cc1cnccc1N1C=CN(C)[C@@H]1C. The molecule has 0 unspecified atom stereocenters. The van der Waals surface area contributed by atoms with E-state index in [2.05, 4.69) is 54.1 Å². The third-order valence-corrected chi connectivity index (χ3v) is 2.72. The number of pyridine rings is 1. The molecule has 2 rings (SSSR count). The van der Waals surface area contributed by atoms with Crippen LogP contribution in [0.15, 0.2) is 30.9 Å². The van der Waals surface area contributed by atoms with Crippen LogP contribution in [0.3, 0.4) is 0 Å². The Hall–Kier alpha value is -1.51. The normalized spacial score (nSPS) is 20.6. The van der Waals surface area contributed by atoms with E-state index in [1.54, 1.807) is 0 Å². The van der Waals surface area contributed by atoms with E-state index < -0.39 is 0 Å². The van der Waals surface area contributed by atoms with Gasteiger partial charge in [-0.3, -0.25) is 4.98 Å². The summed E-state index contributed by atoms with van der Waals surface area (Å²) in [4.78, 5) is 8.52. The smallest absolute Gasteiger partial charge is 0.102 e. The average Bonchev–Trinajstić information content (AvgIpc) is 2.49. The molecule has 1 aliphatic heterocycles. The van der Waals surface area contributed by atoms with Gasteiger partial charge < -0.3 is 9.80 Å². The monoisotopic (exact) mass is 189 g/mol. The predicted octanol–water partition coefficient (Wildman–Crippen LogP) is 1.96. The molecule has 0 bridgehead atoms. The fraction of sp³-hybridized carbons (Fsp3) is 0.364. The second-order valence-electron chi connectivity index (χ2n) is 3.66. The standard InChI is InChI=1S/C11H15N3/c1-9-8-12-5-4-11(9)14-7-6-13(3)10(14)2/h4-8,10H,1-3H3/t10-/m0/s1. The maximum Gasteiger partial charge on any atom is 0.102 e. The Kier molecular flexibility index (Phi) is 2.15. The summed E-state index contributed by atoms with van der Waals surface area (Å²) in [5, 5.41) is 0. The van der Waals surface area contributed by atoms with E-state index in [1.165, 1.54) is 11.3 Å². The van der Waals surface area contributed by atoms with Crippen molar-refractivity contribution in [2.24, 2.45) is 0 Å². The number of nitrogens with zero attached hydrogens (tertiary/aromatic N) is 3. The highest BCUT2D eigenvalue weighted by Gasteiger charge is 2.20. The van der Waals surface area contributed by atoms with E-state index in [0.29, 0.717) is 6.17 Å². The number of anilines is 1. The average molecular weight is 189 g/mol. The van der Waals surface area contributed by atoms with Crippen molar-refractivity contribution >= 4 is 5.69 Å². The number of rotatable bonds is 1. The minimum Gasteiger partial charge on any atom is -0.359 e. The minimum atomic E-state index is 0.385. The Morgan fingerprint density at radius 3 is 2.71 bits per heavy atom. The highest BCUT2D eigenvalue weighted by Crippen LogP contribution is 2.25. The molecule has 1 atom stereocenters. The van der Waals surface area contributed by atoms with Crippen molar-refractivity contribution in [2.75, 3.05) is 11.9 Å². The molecule has 2 heterocycles. The van der Waals surface area contributed by atoms with E-state index in [-0.39, 0.29) is 0 Å². The van der Waals surface area contributed by atoms with Crippen LogP contribution in [0.2, 0.25) is 0 Å². The summed E-state index contributed by atoms with van der Waals surface area (Å²) in [7, 11) is 2.08. The van der Waals surface area contributed by atoms with Gasteiger partial charge in [-0.25, -0.2) is 0 Å². The molecule has 0 saturated heterocycles. The van der Waals surface area contributed by atoms with Crippen LogP contribution in [0.25, 0.3) is 0 Å². The van der Waals surface area contributed by atoms with Gasteiger partial charge in [0, 0.05) is 37.5 Å². The topological polar surface area (TPSA) is 19.4 Å². The van der Waals surface area contributed by atoms with Gasteiger partial charge in [0.2, 0.25) is 0 Å². The molecule has 0 radical (unpaired) electrons. The third-order valence-electron chi connectivity index (χ3n) is 2.72. The zero-order chi connectivity index (χ0) is 10.1. The Labute approximate surface area is 84.7 Å². The van der Waals surface area contributed by atoms with Crippen LogP contribution in [-0.4, -0.2) is 23.1 Å². The quantitative estimate of drug-likeness (QED) is 0.673. The van der Waals surface area contributed by atoms with E-state index in [0.717, 1.165) is 0 Å². The molecule has 0 saturated carbocycles. The lowest BCUT2D eigenvalue weighted by Gasteiger charge is -2.27. The maximum absolute atomic E-state index is 4.10. The molecule has 0 aliphatic carbocycles. The van der Waals surface area contributed by atoms with Crippen molar-refractivity contribution in [1.82, 2.24) is 9.88 Å². The van der Waals surface area contributed by atoms with E-state index in [4.69, 9.17) is 0 Å². The summed E-state index contributed by atoms with van der Waals surface area (Å²) in [6.07, 6.45) is 8.31. The molecule has 0 aromatic carbocycles. The van der Waals surface area contributed by atoms with Gasteiger partial charge in [-0.05, 0) is 25.5 Å². The molecule has 3 nitrogen and oxygen atoms in total. The minimum absolute atomic E-state index is 0.385. The summed E-state index contributed by atoms with van der Waals surface area (Å²) in [5.41, 5.74) is 2.44. The predicted molar refractivity (Wildman–Crippen MR) is 57.8 cm³/mol. The fourth-order valence-electron chi connectivity index (χ4n) is 1.66. The Morgan fingerprint density at radius 1 is 1.36 bits per heavy atom. The van der Waals surface area contributed by atoms with Crippen LogP contribution in [0.1, 0.15) is 12.5 Å². The number of aromatic nitrogens is 1. The van der Waals surface area contributed by atoms with Crippen molar-refractivity contribution in [3.8, 4) is 0 Å². The zero-order valence-corrected chi connectivity index (χ0v) is 8.81. The first kappa shape index (κ1) is 9.06. The molecule has 74 valence electrons. The van der Waals surface area contributed by atoms with Crippen molar-refractivity contribution in [1.29, 1.82) is 0 Å². The summed E-state index contributed by atoms with van der Waals surface area (Å²) >= 11 is 0. The van der Waals surface area contributed by atoms with Gasteiger partial charge in [0.25, 0.3) is 0 Å². The lowest BCUT2D eigenvalue weighted by Crippen LogP contribution is -2.33. The number of aryl methyl sites for hydroxylation is 1. The molecule has 1 aromatic heterocycles. The molecular weight excluding hydrogens is 174 g/mol. The summed E-state index contributed by atoms with van der Waals surface area (Å²) in [6, 6.07) is 2.05. The lowest BCUT2D eigenvalue weighted by atomic mass is 10.2. The lowest BCUT2D eigenvalue weighted by molar-refractivity contribution is 0.383. The maximum atomic E-state index is 4.10. The number of hydrogen-bond acceptors (Lipinski definition) is 3. The van der Waals surface area contributed by atoms with Gasteiger partial charge >= 0.3 is 0 Å². The molecule has 0 spiro atoms. The molecule has 1 aliphatic rings. The van der Waals surface area contributed by atoms with Crippen LogP contribution >= 0.6 is 0 Å². The first-order chi connectivity index (χ1) is 6.70. The molecule has 0 N–H and O–H groups in total. The fourth-order valence-corrected chi connectivity index (χ4v) is 1.66. The van der Waals surface area contributed by atoms with Crippen LogP contribution in [0.4, 0.5) is 5.69 Å². The van der Waals surface area contributed by atoms with Gasteiger partial charge in [0.05, 0.1) is 0 Å². The van der Waals surface area contributed by atoms with Crippen molar-refractivity contribution in [3.63, 3.8) is 0 Å². The summed E-state index contributed by atoms with van der Waals surface area (Å²) in [5.74, 6) is 0. The second-order valence-corrected chi connectivity index (χ2v) is 3.66. The highest BCUT2D eigenvalue weighted by molar-refractivity contribution is 5.55. The van der Waals surface area contributed by atoms with Crippen LogP contribution in [0.5, 0.6) is 0 Å². The highest BCUT2D eigenvalue weighted by atomic mass is 15.4. The van der Waals surface area contributed by atoms with E-state index in [9.17, 15) is 0 Å². The zero-order valence-electron chi connectivity index (χ0n) is 8.81. The van der Waals surface area contributed by atoms with Crippen molar-refractivity contribution in [2.45, 2.75) is 20.0 Å². The molecule has 0 amide bonds. The van der Waals surface area contributed by atoms with Gasteiger partial charge in [-0.1, -0.05) is 0 Å². The Bertz CT molecular complexity index is 359. The van der Waals surface area contributed by atoms with Crippen molar-refractivity contribution < 1.29 is 0 Å². The molecular formula is C11H15N3. The molecule has 0 fully saturated rings. The Balaban J connectivity index is 2.33. The van der Waals surface area contributed by atoms with Crippen LogP contribution in [0, 0.1) is 6.92 Å². The van der Waals surface area contributed by atoms with E-state index in [1.807, 2.05) is 12.4 Å². The molecule has 1 aromatic rings. The largest absolute Gasteiger partial charge is 0.359 e. The third kappa shape index (κ3) is 1.35. The van der Waals surface area contributed by atoms with E-state index >= 15 is 0 Å². The first-order valence-electron chi connectivity index (χ1n) is 4.79. The van der Waals surface area contributed by atoms with Gasteiger partial charge in [0.15, 0.2) is 0 Å². The van der Waals surface area contributed by atoms with Crippen LogP contribution < -0.4 is 4.90 Å². The Morgan fingerprint density at radius 2 is 2.14 bits per heavy atom. The first-order valence-corrected chi connectivity index (χ1v) is 4.79. The van der Waals surface area contributed by atoms with Crippen LogP contribution in [-0.2, 0) is 0 Å². The van der Waals surface area contributed by atoms with Crippen molar-refractivity contribution in [3.05, 3.63) is 36.4 Å². The molecule has 14 heavy (non-hydrogen) atoms. The summed E-state index contributed by atoms with van der Waals surface area (Å²) in [6.45, 7) is 4.26. The summed E-state index contributed by atoms with van der Waals surface area (Å²) < 4.78 is 0. The van der Waals surface area contributed by atoms with Gasteiger partial charge in [-0.15, -0.1) is 0 Å². The second kappa shape index (κ2) is 3.33. The van der Waals surface area contributed by atoms with Gasteiger partial charge in [0.1, 0.15) is 6.17 Å². The molecule has 3 heteroatoms. The number of hydrogen-bond donors (Lipinski definition) is 0. The van der Waals surface area contributed by atoms with Gasteiger partial charge in [-0.2, -0.15) is 0 Å².